The minimum absolute atomic E-state index is 0.152. The van der Waals surface area contributed by atoms with E-state index in [0.717, 1.165) is 19.5 Å². The highest BCUT2D eigenvalue weighted by atomic mass is 16.2. The van der Waals surface area contributed by atoms with Crippen LogP contribution in [-0.4, -0.2) is 43.0 Å². The van der Waals surface area contributed by atoms with Crippen LogP contribution in [0, 0.1) is 5.92 Å². The van der Waals surface area contributed by atoms with Gasteiger partial charge in [0.25, 0.3) is 0 Å². The third kappa shape index (κ3) is 5.11. The number of piperidine rings is 1. The van der Waals surface area contributed by atoms with Crippen molar-refractivity contribution in [1.82, 2.24) is 10.2 Å². The number of likely N-dealkylation sites (tertiary alicyclic amines) is 1. The standard InChI is InChI=1S/C17H31N3O/c1-14-6-5-11-20(16(14)12-18)13-17(21)19-10-9-15-7-3-2-4-8-15/h7,14,16H,2-6,8-13,18H2,1H3,(H,19,21). The molecule has 1 fully saturated rings. The molecule has 1 aliphatic heterocycles. The lowest BCUT2D eigenvalue weighted by Crippen LogP contribution is -2.52. The summed E-state index contributed by atoms with van der Waals surface area (Å²) in [5.41, 5.74) is 7.40. The molecule has 1 aliphatic carbocycles. The Morgan fingerprint density at radius 1 is 1.43 bits per heavy atom. The molecule has 3 N–H and O–H groups in total. The van der Waals surface area contributed by atoms with E-state index < -0.39 is 0 Å². The predicted octanol–water partition coefficient (Wildman–Crippen LogP) is 2.05. The Balaban J connectivity index is 1.69. The Morgan fingerprint density at radius 3 is 3.00 bits per heavy atom. The summed E-state index contributed by atoms with van der Waals surface area (Å²) in [4.78, 5) is 14.4. The third-order valence-electron chi connectivity index (χ3n) is 4.97. The van der Waals surface area contributed by atoms with E-state index in [1.807, 2.05) is 0 Å². The van der Waals surface area contributed by atoms with Crippen LogP contribution in [0.5, 0.6) is 0 Å². The zero-order valence-corrected chi connectivity index (χ0v) is 13.4. The fraction of sp³-hybridized carbons (Fsp3) is 0.824. The lowest BCUT2D eigenvalue weighted by atomic mass is 9.91. The summed E-state index contributed by atoms with van der Waals surface area (Å²) in [7, 11) is 0. The van der Waals surface area contributed by atoms with E-state index in [9.17, 15) is 4.79 Å². The molecule has 120 valence electrons. The highest BCUT2D eigenvalue weighted by molar-refractivity contribution is 5.78. The Morgan fingerprint density at radius 2 is 2.29 bits per heavy atom. The molecule has 2 rings (SSSR count). The SMILES string of the molecule is CC1CCCN(CC(=O)NCCC2=CCCCC2)C1CN. The van der Waals surface area contributed by atoms with Gasteiger partial charge in [0.05, 0.1) is 6.54 Å². The number of hydrogen-bond donors (Lipinski definition) is 2. The number of hydrogen-bond acceptors (Lipinski definition) is 3. The smallest absolute Gasteiger partial charge is 0.234 e. The molecule has 0 radical (unpaired) electrons. The molecule has 0 aromatic carbocycles. The van der Waals surface area contributed by atoms with Crippen molar-refractivity contribution in [3.05, 3.63) is 11.6 Å². The maximum Gasteiger partial charge on any atom is 0.234 e. The van der Waals surface area contributed by atoms with Gasteiger partial charge in [0.15, 0.2) is 0 Å². The fourth-order valence-corrected chi connectivity index (χ4v) is 3.65. The first kappa shape index (κ1) is 16.5. The minimum Gasteiger partial charge on any atom is -0.355 e. The zero-order chi connectivity index (χ0) is 15.1. The molecule has 4 heteroatoms. The zero-order valence-electron chi connectivity index (χ0n) is 13.4. The fourth-order valence-electron chi connectivity index (χ4n) is 3.65. The Hall–Kier alpha value is -0.870. The maximum atomic E-state index is 12.1. The molecule has 21 heavy (non-hydrogen) atoms. The lowest BCUT2D eigenvalue weighted by Gasteiger charge is -2.38. The topological polar surface area (TPSA) is 58.4 Å². The van der Waals surface area contributed by atoms with Crippen LogP contribution in [0.1, 0.15) is 51.9 Å². The molecular formula is C17H31N3O. The van der Waals surface area contributed by atoms with Gasteiger partial charge in [-0.05, 0) is 57.4 Å². The molecule has 0 spiro atoms. The quantitative estimate of drug-likeness (QED) is 0.737. The van der Waals surface area contributed by atoms with Crippen LogP contribution in [0.4, 0.5) is 0 Å². The predicted molar refractivity (Wildman–Crippen MR) is 87.0 cm³/mol. The normalized spacial score (nSPS) is 27.2. The van der Waals surface area contributed by atoms with Gasteiger partial charge in [0.1, 0.15) is 0 Å². The summed E-state index contributed by atoms with van der Waals surface area (Å²) in [6.45, 7) is 5.19. The van der Waals surface area contributed by atoms with Crippen molar-refractivity contribution in [3.63, 3.8) is 0 Å². The summed E-state index contributed by atoms with van der Waals surface area (Å²) in [5.74, 6) is 0.753. The summed E-state index contributed by atoms with van der Waals surface area (Å²) >= 11 is 0. The van der Waals surface area contributed by atoms with Crippen molar-refractivity contribution in [3.8, 4) is 0 Å². The Bertz CT molecular complexity index is 367. The van der Waals surface area contributed by atoms with Crippen LogP contribution in [0.2, 0.25) is 0 Å². The van der Waals surface area contributed by atoms with Crippen molar-refractivity contribution in [1.29, 1.82) is 0 Å². The van der Waals surface area contributed by atoms with E-state index in [1.165, 1.54) is 44.1 Å². The average Bonchev–Trinajstić information content (AvgIpc) is 2.48. The van der Waals surface area contributed by atoms with E-state index in [0.29, 0.717) is 25.0 Å². The summed E-state index contributed by atoms with van der Waals surface area (Å²) in [6, 6.07) is 0.366. The largest absolute Gasteiger partial charge is 0.355 e. The summed E-state index contributed by atoms with van der Waals surface area (Å²) < 4.78 is 0. The van der Waals surface area contributed by atoms with Crippen molar-refractivity contribution < 1.29 is 4.79 Å². The molecule has 0 aromatic heterocycles. The number of carbonyl (C=O) groups excluding carboxylic acids is 1. The number of amides is 1. The molecule has 1 saturated heterocycles. The molecule has 0 aromatic rings. The van der Waals surface area contributed by atoms with Gasteiger partial charge in [-0.15, -0.1) is 0 Å². The van der Waals surface area contributed by atoms with Crippen molar-refractivity contribution in [2.45, 2.75) is 57.9 Å². The average molecular weight is 293 g/mol. The monoisotopic (exact) mass is 293 g/mol. The maximum absolute atomic E-state index is 12.1. The number of allylic oxidation sites excluding steroid dienone is 1. The van der Waals surface area contributed by atoms with Crippen LogP contribution in [0.3, 0.4) is 0 Å². The first-order valence-electron chi connectivity index (χ1n) is 8.59. The molecule has 4 nitrogen and oxygen atoms in total. The van der Waals surface area contributed by atoms with Crippen LogP contribution in [0.15, 0.2) is 11.6 Å². The second-order valence-electron chi connectivity index (χ2n) is 6.60. The van der Waals surface area contributed by atoms with Gasteiger partial charge in [-0.3, -0.25) is 9.69 Å². The number of nitrogens with two attached hydrogens (primary N) is 1. The van der Waals surface area contributed by atoms with E-state index in [1.54, 1.807) is 0 Å². The molecule has 1 amide bonds. The number of nitrogens with zero attached hydrogens (tertiary/aromatic N) is 1. The van der Waals surface area contributed by atoms with E-state index in [-0.39, 0.29) is 5.91 Å². The first-order chi connectivity index (χ1) is 10.2. The summed E-state index contributed by atoms with van der Waals surface area (Å²) in [6.07, 6.45) is 10.8. The minimum atomic E-state index is 0.152. The second kappa shape index (κ2) is 8.54. The van der Waals surface area contributed by atoms with Crippen LogP contribution < -0.4 is 11.1 Å². The first-order valence-corrected chi connectivity index (χ1v) is 8.59. The lowest BCUT2D eigenvalue weighted by molar-refractivity contribution is -0.123. The molecule has 0 bridgehead atoms. The third-order valence-corrected chi connectivity index (χ3v) is 4.97. The van der Waals surface area contributed by atoms with E-state index in [4.69, 9.17) is 5.73 Å². The number of nitrogens with one attached hydrogen (secondary N) is 1. The Labute approximate surface area is 129 Å². The van der Waals surface area contributed by atoms with Crippen LogP contribution >= 0.6 is 0 Å². The van der Waals surface area contributed by atoms with Gasteiger partial charge in [0.2, 0.25) is 5.91 Å². The molecule has 2 atom stereocenters. The molecule has 0 saturated carbocycles. The molecule has 1 heterocycles. The summed E-state index contributed by atoms with van der Waals surface area (Å²) in [5, 5.41) is 3.07. The molecule has 2 aliphatic rings. The van der Waals surface area contributed by atoms with Gasteiger partial charge in [0, 0.05) is 19.1 Å². The van der Waals surface area contributed by atoms with Crippen molar-refractivity contribution in [2.75, 3.05) is 26.2 Å². The van der Waals surface area contributed by atoms with Crippen LogP contribution in [0.25, 0.3) is 0 Å². The number of rotatable bonds is 6. The van der Waals surface area contributed by atoms with Gasteiger partial charge < -0.3 is 11.1 Å². The van der Waals surface area contributed by atoms with E-state index in [2.05, 4.69) is 23.2 Å². The van der Waals surface area contributed by atoms with Gasteiger partial charge in [-0.2, -0.15) is 0 Å². The van der Waals surface area contributed by atoms with Crippen LogP contribution in [-0.2, 0) is 4.79 Å². The van der Waals surface area contributed by atoms with Gasteiger partial charge >= 0.3 is 0 Å². The highest BCUT2D eigenvalue weighted by Gasteiger charge is 2.28. The molecular weight excluding hydrogens is 262 g/mol. The van der Waals surface area contributed by atoms with Crippen molar-refractivity contribution in [2.24, 2.45) is 11.7 Å². The van der Waals surface area contributed by atoms with Gasteiger partial charge in [-0.1, -0.05) is 18.6 Å². The number of carbonyl (C=O) groups is 1. The highest BCUT2D eigenvalue weighted by Crippen LogP contribution is 2.22. The van der Waals surface area contributed by atoms with Crippen molar-refractivity contribution >= 4 is 5.91 Å². The second-order valence-corrected chi connectivity index (χ2v) is 6.60. The van der Waals surface area contributed by atoms with E-state index >= 15 is 0 Å². The molecule has 2 unspecified atom stereocenters. The van der Waals surface area contributed by atoms with Gasteiger partial charge in [-0.25, -0.2) is 0 Å². The Kier molecular flexibility index (Phi) is 6.71.